The zero-order valence-electron chi connectivity index (χ0n) is 17.8. The molecule has 3 heterocycles. The lowest BCUT2D eigenvalue weighted by Gasteiger charge is -2.31. The molecule has 29 heavy (non-hydrogen) atoms. The Kier molecular flexibility index (Phi) is 5.28. The number of aryl methyl sites for hydroxylation is 3. The third kappa shape index (κ3) is 3.72. The summed E-state index contributed by atoms with van der Waals surface area (Å²) in [6.45, 7) is 11.1. The van der Waals surface area contributed by atoms with E-state index >= 15 is 0 Å². The molecule has 1 fully saturated rings. The standard InChI is InChI=1S/C23H29N5O/c1-5-26-11-13-27(14-12-26)23(29)22-16-19(21-7-6-10-25(21)4)24-28(22)20-9-8-17(2)15-18(20)3/h6-10,15-16H,5,11-14H2,1-4H3/p+1. The molecule has 1 amide bonds. The maximum Gasteiger partial charge on any atom is 0.273 e. The first-order valence-corrected chi connectivity index (χ1v) is 10.4. The lowest BCUT2D eigenvalue weighted by molar-refractivity contribution is -0.902. The quantitative estimate of drug-likeness (QED) is 0.737. The predicted molar refractivity (Wildman–Crippen MR) is 115 cm³/mol. The smallest absolute Gasteiger partial charge is 0.273 e. The van der Waals surface area contributed by atoms with Crippen molar-refractivity contribution in [3.63, 3.8) is 0 Å². The molecule has 0 aliphatic carbocycles. The van der Waals surface area contributed by atoms with Crippen LogP contribution in [0.5, 0.6) is 0 Å². The number of carbonyl (C=O) groups is 1. The van der Waals surface area contributed by atoms with Gasteiger partial charge in [0.1, 0.15) is 11.4 Å². The Morgan fingerprint density at radius 2 is 1.90 bits per heavy atom. The van der Waals surface area contributed by atoms with Gasteiger partial charge in [-0.1, -0.05) is 17.7 Å². The van der Waals surface area contributed by atoms with Crippen LogP contribution in [0.4, 0.5) is 0 Å². The highest BCUT2D eigenvalue weighted by Gasteiger charge is 2.28. The average Bonchev–Trinajstić information content (AvgIpc) is 3.33. The van der Waals surface area contributed by atoms with E-state index < -0.39 is 0 Å². The van der Waals surface area contributed by atoms with Crippen LogP contribution in [-0.4, -0.2) is 57.9 Å². The van der Waals surface area contributed by atoms with Crippen LogP contribution in [0.2, 0.25) is 0 Å². The molecule has 4 rings (SSSR count). The molecule has 152 valence electrons. The molecule has 6 heteroatoms. The Hall–Kier alpha value is -2.86. The summed E-state index contributed by atoms with van der Waals surface area (Å²) in [6.07, 6.45) is 2.00. The number of benzene rings is 1. The molecule has 0 unspecified atom stereocenters. The van der Waals surface area contributed by atoms with Gasteiger partial charge in [-0.2, -0.15) is 5.10 Å². The van der Waals surface area contributed by atoms with Crippen molar-refractivity contribution in [2.75, 3.05) is 32.7 Å². The van der Waals surface area contributed by atoms with Crippen LogP contribution in [-0.2, 0) is 7.05 Å². The van der Waals surface area contributed by atoms with Crippen molar-refractivity contribution in [2.24, 2.45) is 7.05 Å². The summed E-state index contributed by atoms with van der Waals surface area (Å²) in [5, 5.41) is 4.86. The summed E-state index contributed by atoms with van der Waals surface area (Å²) in [5.41, 5.74) is 5.72. The monoisotopic (exact) mass is 392 g/mol. The third-order valence-corrected chi connectivity index (χ3v) is 5.97. The number of quaternary nitrogens is 1. The molecule has 3 aromatic rings. The van der Waals surface area contributed by atoms with Crippen molar-refractivity contribution >= 4 is 5.91 Å². The summed E-state index contributed by atoms with van der Waals surface area (Å²) < 4.78 is 3.87. The van der Waals surface area contributed by atoms with Gasteiger partial charge in [-0.05, 0) is 50.6 Å². The SMILES string of the molecule is CC[NH+]1CCN(C(=O)c2cc(-c3cccn3C)nn2-c2ccc(C)cc2C)CC1. The van der Waals surface area contributed by atoms with Crippen LogP contribution in [0, 0.1) is 13.8 Å². The number of nitrogens with zero attached hydrogens (tertiary/aromatic N) is 4. The fourth-order valence-electron chi connectivity index (χ4n) is 4.15. The molecule has 0 bridgehead atoms. The zero-order chi connectivity index (χ0) is 20.5. The van der Waals surface area contributed by atoms with Crippen molar-refractivity contribution in [2.45, 2.75) is 20.8 Å². The van der Waals surface area contributed by atoms with E-state index in [1.54, 1.807) is 4.90 Å². The molecule has 2 aromatic heterocycles. The topological polar surface area (TPSA) is 47.5 Å². The molecule has 6 nitrogen and oxygen atoms in total. The largest absolute Gasteiger partial charge is 0.349 e. The van der Waals surface area contributed by atoms with E-state index in [-0.39, 0.29) is 5.91 Å². The fourth-order valence-corrected chi connectivity index (χ4v) is 4.15. The van der Waals surface area contributed by atoms with Gasteiger partial charge in [0, 0.05) is 13.2 Å². The van der Waals surface area contributed by atoms with Gasteiger partial charge in [-0.15, -0.1) is 0 Å². The Bertz CT molecular complexity index is 1020. The van der Waals surface area contributed by atoms with Crippen LogP contribution in [0.1, 0.15) is 28.5 Å². The van der Waals surface area contributed by atoms with Crippen LogP contribution in [0.3, 0.4) is 0 Å². The number of likely N-dealkylation sites (N-methyl/N-ethyl adjacent to an activating group) is 1. The van der Waals surface area contributed by atoms with Gasteiger partial charge in [0.05, 0.1) is 44.1 Å². The molecule has 0 saturated carbocycles. The average molecular weight is 393 g/mol. The first kappa shape index (κ1) is 19.5. The van der Waals surface area contributed by atoms with Crippen molar-refractivity contribution < 1.29 is 9.69 Å². The highest BCUT2D eigenvalue weighted by Crippen LogP contribution is 2.25. The molecule has 1 saturated heterocycles. The van der Waals surface area contributed by atoms with Gasteiger partial charge in [-0.25, -0.2) is 4.68 Å². The fraction of sp³-hybridized carbons (Fsp3) is 0.391. The minimum Gasteiger partial charge on any atom is -0.349 e. The van der Waals surface area contributed by atoms with Crippen LogP contribution >= 0.6 is 0 Å². The summed E-state index contributed by atoms with van der Waals surface area (Å²) in [4.78, 5) is 17.0. The van der Waals surface area contributed by atoms with Crippen LogP contribution < -0.4 is 4.90 Å². The van der Waals surface area contributed by atoms with Gasteiger partial charge >= 0.3 is 0 Å². The van der Waals surface area contributed by atoms with E-state index in [2.05, 4.69) is 39.0 Å². The normalized spacial score (nSPS) is 15.1. The number of piperazine rings is 1. The number of carbonyl (C=O) groups excluding carboxylic acids is 1. The van der Waals surface area contributed by atoms with Crippen molar-refractivity contribution in [1.82, 2.24) is 19.2 Å². The lowest BCUT2D eigenvalue weighted by atomic mass is 10.1. The predicted octanol–water partition coefficient (Wildman–Crippen LogP) is 1.86. The number of nitrogens with one attached hydrogen (secondary N) is 1. The van der Waals surface area contributed by atoms with E-state index in [4.69, 9.17) is 5.10 Å². The summed E-state index contributed by atoms with van der Waals surface area (Å²) >= 11 is 0. The van der Waals surface area contributed by atoms with Crippen LogP contribution in [0.15, 0.2) is 42.6 Å². The van der Waals surface area contributed by atoms with Crippen LogP contribution in [0.25, 0.3) is 17.1 Å². The number of aromatic nitrogens is 3. The second-order valence-electron chi connectivity index (χ2n) is 8.02. The molecule has 0 atom stereocenters. The van der Waals surface area contributed by atoms with Crippen molar-refractivity contribution in [1.29, 1.82) is 0 Å². The molecule has 0 spiro atoms. The first-order valence-electron chi connectivity index (χ1n) is 10.4. The van der Waals surface area contributed by atoms with E-state index in [0.29, 0.717) is 5.69 Å². The first-order chi connectivity index (χ1) is 14.0. The second-order valence-corrected chi connectivity index (χ2v) is 8.02. The second kappa shape index (κ2) is 7.87. The molecule has 1 aliphatic rings. The van der Waals surface area contributed by atoms with Gasteiger partial charge < -0.3 is 14.4 Å². The highest BCUT2D eigenvalue weighted by atomic mass is 16.2. The van der Waals surface area contributed by atoms with Gasteiger partial charge in [-0.3, -0.25) is 4.79 Å². The molecule has 1 N–H and O–H groups in total. The molecule has 1 aromatic carbocycles. The third-order valence-electron chi connectivity index (χ3n) is 5.97. The lowest BCUT2D eigenvalue weighted by Crippen LogP contribution is -3.14. The van der Waals surface area contributed by atoms with Gasteiger partial charge in [0.15, 0.2) is 0 Å². The Balaban J connectivity index is 1.76. The van der Waals surface area contributed by atoms with E-state index in [9.17, 15) is 4.79 Å². The maximum absolute atomic E-state index is 13.5. The van der Waals surface area contributed by atoms with Crippen molar-refractivity contribution in [3.05, 3.63) is 59.4 Å². The number of rotatable bonds is 4. The van der Waals surface area contributed by atoms with Gasteiger partial charge in [0.25, 0.3) is 5.91 Å². The molecular weight excluding hydrogens is 362 g/mol. The highest BCUT2D eigenvalue weighted by molar-refractivity contribution is 5.94. The Morgan fingerprint density at radius 1 is 1.14 bits per heavy atom. The minimum atomic E-state index is 0.0630. The molecular formula is C23H30N5O+. The summed E-state index contributed by atoms with van der Waals surface area (Å²) in [5.74, 6) is 0.0630. The van der Waals surface area contributed by atoms with E-state index in [1.807, 2.05) is 45.6 Å². The number of hydrogen-bond donors (Lipinski definition) is 1. The summed E-state index contributed by atoms with van der Waals surface area (Å²) in [7, 11) is 2.00. The van der Waals surface area contributed by atoms with E-state index in [0.717, 1.165) is 55.4 Å². The minimum absolute atomic E-state index is 0.0630. The number of amides is 1. The zero-order valence-corrected chi connectivity index (χ0v) is 17.8. The Morgan fingerprint density at radius 3 is 2.52 bits per heavy atom. The maximum atomic E-state index is 13.5. The van der Waals surface area contributed by atoms with Gasteiger partial charge in [0.2, 0.25) is 0 Å². The molecule has 1 aliphatic heterocycles. The van der Waals surface area contributed by atoms with Crippen molar-refractivity contribution in [3.8, 4) is 17.1 Å². The molecule has 0 radical (unpaired) electrons. The summed E-state index contributed by atoms with van der Waals surface area (Å²) in [6, 6.07) is 12.2. The Labute approximate surface area is 172 Å². The van der Waals surface area contributed by atoms with E-state index in [1.165, 1.54) is 5.56 Å². The number of hydrogen-bond acceptors (Lipinski definition) is 2.